The van der Waals surface area contributed by atoms with Crippen LogP contribution in [0.4, 0.5) is 0 Å². The Balaban J connectivity index is 0.000000157. The maximum atomic E-state index is 9.23. The van der Waals surface area contributed by atoms with Crippen molar-refractivity contribution in [3.05, 3.63) is 120 Å². The van der Waals surface area contributed by atoms with Crippen molar-refractivity contribution >= 4 is 21.9 Å². The topological polar surface area (TPSA) is 223 Å². The number of hydrogen-bond donors (Lipinski definition) is 2. The van der Waals surface area contributed by atoms with Gasteiger partial charge in [0, 0.05) is 40.9 Å². The molecule has 0 aliphatic carbocycles. The molecule has 0 saturated heterocycles. The van der Waals surface area contributed by atoms with Crippen LogP contribution in [0.2, 0.25) is 0 Å². The van der Waals surface area contributed by atoms with Crippen LogP contribution in [0.25, 0.3) is 45.0 Å². The number of pyridine rings is 2. The molecule has 0 bridgehead atoms. The Kier molecular flexibility index (Phi) is 9.78. The van der Waals surface area contributed by atoms with Crippen LogP contribution < -0.4 is 9.47 Å². The molecule has 18 heteroatoms. The van der Waals surface area contributed by atoms with E-state index in [1.807, 2.05) is 60.7 Å². The highest BCUT2D eigenvalue weighted by Crippen LogP contribution is 2.36. The van der Waals surface area contributed by atoms with Crippen molar-refractivity contribution in [3.8, 4) is 34.8 Å². The van der Waals surface area contributed by atoms with Crippen LogP contribution in [0.15, 0.2) is 100 Å². The van der Waals surface area contributed by atoms with Crippen molar-refractivity contribution < 1.29 is 28.7 Å². The fraction of sp³-hybridized carbons (Fsp3) is 0.211. The molecule has 0 aliphatic heterocycles. The van der Waals surface area contributed by atoms with Crippen LogP contribution in [0.1, 0.15) is 49.2 Å². The molecule has 0 aliphatic rings. The van der Waals surface area contributed by atoms with Gasteiger partial charge in [-0.25, -0.2) is 4.52 Å². The van der Waals surface area contributed by atoms with E-state index in [1.165, 1.54) is 0 Å². The molecular formula is C38H34N12O6. The van der Waals surface area contributed by atoms with Crippen molar-refractivity contribution in [2.24, 2.45) is 0 Å². The Morgan fingerprint density at radius 1 is 0.661 bits per heavy atom. The molecule has 282 valence electrons. The summed E-state index contributed by atoms with van der Waals surface area (Å²) in [6.07, 6.45) is 5.09. The van der Waals surface area contributed by atoms with E-state index in [9.17, 15) is 10.2 Å². The lowest BCUT2D eigenvalue weighted by Crippen LogP contribution is -2.13. The van der Waals surface area contributed by atoms with Crippen LogP contribution in [-0.4, -0.2) is 70.1 Å². The van der Waals surface area contributed by atoms with E-state index in [4.69, 9.17) is 18.5 Å². The van der Waals surface area contributed by atoms with E-state index < -0.39 is 0 Å². The summed E-state index contributed by atoms with van der Waals surface area (Å²) in [5.41, 5.74) is 4.46. The highest BCUT2D eigenvalue weighted by atomic mass is 16.5. The number of rotatable bonds is 10. The van der Waals surface area contributed by atoms with E-state index in [2.05, 4.69) is 71.6 Å². The van der Waals surface area contributed by atoms with Gasteiger partial charge in [0.15, 0.2) is 28.6 Å². The molecule has 56 heavy (non-hydrogen) atoms. The number of benzene rings is 1. The molecule has 18 nitrogen and oxygen atoms in total. The summed E-state index contributed by atoms with van der Waals surface area (Å²) >= 11 is 0. The van der Waals surface area contributed by atoms with Gasteiger partial charge in [-0.2, -0.15) is 9.61 Å². The molecule has 0 saturated carbocycles. The molecule has 0 amide bonds. The molecule has 0 spiro atoms. The van der Waals surface area contributed by atoms with E-state index in [0.29, 0.717) is 58.6 Å². The summed E-state index contributed by atoms with van der Waals surface area (Å²) in [6.45, 7) is 6.31. The van der Waals surface area contributed by atoms with Gasteiger partial charge in [-0.1, -0.05) is 61.4 Å². The van der Waals surface area contributed by atoms with Crippen molar-refractivity contribution in [2.45, 2.75) is 52.6 Å². The first-order valence-electron chi connectivity index (χ1n) is 17.4. The Bertz CT molecular complexity index is 2740. The molecule has 0 atom stereocenters. The van der Waals surface area contributed by atoms with Gasteiger partial charge in [-0.15, -0.1) is 25.5 Å². The Labute approximate surface area is 317 Å². The average Bonchev–Trinajstić information content (AvgIpc) is 4.05. The first kappa shape index (κ1) is 35.8. The van der Waals surface area contributed by atoms with Gasteiger partial charge in [0.25, 0.3) is 0 Å². The summed E-state index contributed by atoms with van der Waals surface area (Å²) in [7, 11) is 0. The number of ether oxygens (including phenoxy) is 2. The molecule has 0 radical (unpaired) electrons. The third-order valence-electron chi connectivity index (χ3n) is 8.46. The van der Waals surface area contributed by atoms with Crippen LogP contribution >= 0.6 is 0 Å². The lowest BCUT2D eigenvalue weighted by molar-refractivity contribution is 0.229. The molecule has 9 rings (SSSR count). The highest BCUT2D eigenvalue weighted by Gasteiger charge is 2.28. The molecule has 8 aromatic heterocycles. The summed E-state index contributed by atoms with van der Waals surface area (Å²) in [5.74, 6) is 2.38. The van der Waals surface area contributed by atoms with Crippen LogP contribution in [-0.2, 0) is 31.8 Å². The molecule has 1 aromatic carbocycles. The van der Waals surface area contributed by atoms with Crippen LogP contribution in [0.5, 0.6) is 11.8 Å². The predicted octanol–water partition coefficient (Wildman–Crippen LogP) is 4.94. The third kappa shape index (κ3) is 7.20. The molecule has 2 N–H and O–H groups in total. The monoisotopic (exact) mass is 754 g/mol. The number of nitrogens with zero attached hydrogens (tertiary/aromatic N) is 12. The van der Waals surface area contributed by atoms with Crippen molar-refractivity contribution in [1.29, 1.82) is 0 Å². The zero-order valence-electron chi connectivity index (χ0n) is 30.4. The molecule has 0 unspecified atom stereocenters. The van der Waals surface area contributed by atoms with Gasteiger partial charge in [0.1, 0.15) is 26.4 Å². The van der Waals surface area contributed by atoms with Crippen molar-refractivity contribution in [3.63, 3.8) is 0 Å². The lowest BCUT2D eigenvalue weighted by Gasteiger charge is -2.18. The Hall–Kier alpha value is -7.18. The minimum atomic E-state index is -0.251. The third-order valence-corrected chi connectivity index (χ3v) is 8.46. The van der Waals surface area contributed by atoms with Gasteiger partial charge in [0.05, 0.1) is 23.1 Å². The van der Waals surface area contributed by atoms with E-state index in [1.54, 1.807) is 39.8 Å². The molecule has 8 heterocycles. The van der Waals surface area contributed by atoms with Crippen molar-refractivity contribution in [1.82, 2.24) is 59.9 Å². The summed E-state index contributed by atoms with van der Waals surface area (Å²) in [4.78, 5) is 8.56. The zero-order valence-corrected chi connectivity index (χ0v) is 30.4. The Morgan fingerprint density at radius 2 is 1.23 bits per heavy atom. The SMILES string of the molecule is CC(C)(C)c1c(OCc2ccccn2)nn2c(-c3cc(CO)on3)nncc12.OCc1cc(-c2nnc3c4ccccc4c(OCc4ccccn4)nn23)no1. The fourth-order valence-electron chi connectivity index (χ4n) is 5.89. The van der Waals surface area contributed by atoms with Gasteiger partial charge in [-0.05, 0) is 35.7 Å². The summed E-state index contributed by atoms with van der Waals surface area (Å²) < 4.78 is 25.3. The minimum absolute atomic E-state index is 0.248. The lowest BCUT2D eigenvalue weighted by atomic mass is 9.88. The summed E-state index contributed by atoms with van der Waals surface area (Å²) in [6, 6.07) is 22.2. The van der Waals surface area contributed by atoms with Gasteiger partial charge in [0.2, 0.25) is 23.4 Å². The second kappa shape index (κ2) is 15.3. The van der Waals surface area contributed by atoms with Gasteiger partial charge >= 0.3 is 0 Å². The molecular weight excluding hydrogens is 720 g/mol. The van der Waals surface area contributed by atoms with Gasteiger partial charge in [-0.3, -0.25) is 9.97 Å². The molecule has 9 aromatic rings. The first-order valence-corrected chi connectivity index (χ1v) is 17.4. The number of aliphatic hydroxyl groups excluding tert-OH is 2. The standard InChI is InChI=1S/C19H14N6O3.C19H20N6O3/c26-10-13-9-16(24-28-13)18-22-21-17-14-6-1-2-7-15(14)19(23-25(17)18)27-11-12-5-3-4-8-20-12;1-19(2,3)16-15-9-21-22-17(14-8-13(10-26)28-24-14)25(15)23-18(16)27-11-12-6-4-5-7-20-12/h1-9,26H,10-11H2;4-9,26H,10-11H2,1-3H3. The van der Waals surface area contributed by atoms with Crippen LogP contribution in [0.3, 0.4) is 0 Å². The van der Waals surface area contributed by atoms with Crippen molar-refractivity contribution in [2.75, 3.05) is 0 Å². The normalized spacial score (nSPS) is 11.6. The Morgan fingerprint density at radius 3 is 1.80 bits per heavy atom. The van der Waals surface area contributed by atoms with E-state index in [-0.39, 0.29) is 25.2 Å². The fourth-order valence-corrected chi connectivity index (χ4v) is 5.89. The first-order chi connectivity index (χ1) is 27.3. The minimum Gasteiger partial charge on any atom is -0.470 e. The highest BCUT2D eigenvalue weighted by molar-refractivity contribution is 5.97. The maximum absolute atomic E-state index is 9.23. The summed E-state index contributed by atoms with van der Waals surface area (Å²) in [5, 5.41) is 53.9. The van der Waals surface area contributed by atoms with Gasteiger partial charge < -0.3 is 28.7 Å². The van der Waals surface area contributed by atoms with E-state index >= 15 is 0 Å². The smallest absolute Gasteiger partial charge is 0.240 e. The quantitative estimate of drug-likeness (QED) is 0.189. The zero-order chi connectivity index (χ0) is 38.6. The molecule has 0 fully saturated rings. The predicted molar refractivity (Wildman–Crippen MR) is 198 cm³/mol. The second-order valence-corrected chi connectivity index (χ2v) is 13.4. The maximum Gasteiger partial charge on any atom is 0.240 e. The number of aliphatic hydroxyl groups is 2. The average molecular weight is 755 g/mol. The van der Waals surface area contributed by atoms with Crippen LogP contribution in [0, 0.1) is 0 Å². The second-order valence-electron chi connectivity index (χ2n) is 13.4. The number of hydrogen-bond acceptors (Lipinski definition) is 16. The van der Waals surface area contributed by atoms with E-state index in [0.717, 1.165) is 33.2 Å². The number of aromatic nitrogens is 12. The largest absolute Gasteiger partial charge is 0.470 e. The number of fused-ring (bicyclic) bond motifs is 4.